The van der Waals surface area contributed by atoms with E-state index in [-0.39, 0.29) is 6.61 Å². The number of β-amino-alcohol motifs (C(OH)–C–C–N with tert-alkyl or cyclic N) is 1. The molecule has 31 heavy (non-hydrogen) atoms. The highest BCUT2D eigenvalue weighted by molar-refractivity contribution is 6.04. The van der Waals surface area contributed by atoms with Gasteiger partial charge in [0.1, 0.15) is 11.5 Å². The van der Waals surface area contributed by atoms with Crippen molar-refractivity contribution in [3.8, 4) is 22.5 Å². The van der Waals surface area contributed by atoms with E-state index in [9.17, 15) is 10.3 Å². The van der Waals surface area contributed by atoms with Crippen LogP contribution in [0.3, 0.4) is 0 Å². The van der Waals surface area contributed by atoms with Gasteiger partial charge in [-0.25, -0.2) is 0 Å². The molecule has 0 spiro atoms. The van der Waals surface area contributed by atoms with E-state index in [0.29, 0.717) is 5.92 Å². The predicted molar refractivity (Wildman–Crippen MR) is 120 cm³/mol. The molecule has 3 heterocycles. The molecule has 0 radical (unpaired) electrons. The Morgan fingerprint density at radius 2 is 1.81 bits per heavy atom. The van der Waals surface area contributed by atoms with Gasteiger partial charge in [-0.3, -0.25) is 4.98 Å². The predicted octanol–water partition coefficient (Wildman–Crippen LogP) is 4.30. The van der Waals surface area contributed by atoms with Crippen molar-refractivity contribution in [3.05, 3.63) is 65.7 Å². The molecule has 0 atom stereocenters. The van der Waals surface area contributed by atoms with Gasteiger partial charge in [0.15, 0.2) is 0 Å². The van der Waals surface area contributed by atoms with Gasteiger partial charge in [0.25, 0.3) is 0 Å². The minimum absolute atomic E-state index is 0.211. The summed E-state index contributed by atoms with van der Waals surface area (Å²) in [6.45, 7) is 2.91. The zero-order valence-corrected chi connectivity index (χ0v) is 17.5. The van der Waals surface area contributed by atoms with Gasteiger partial charge in [0.2, 0.25) is 0 Å². The van der Waals surface area contributed by atoms with Crippen molar-refractivity contribution >= 4 is 5.71 Å². The average molecular weight is 418 g/mol. The fourth-order valence-corrected chi connectivity index (χ4v) is 4.87. The molecular formula is C25H27N3O3. The summed E-state index contributed by atoms with van der Waals surface area (Å²) in [6.07, 6.45) is 7.33. The van der Waals surface area contributed by atoms with Crippen LogP contribution in [0.25, 0.3) is 22.5 Å². The monoisotopic (exact) mass is 417 g/mol. The van der Waals surface area contributed by atoms with Crippen molar-refractivity contribution in [1.82, 2.24) is 9.88 Å². The van der Waals surface area contributed by atoms with Crippen LogP contribution in [0.1, 0.15) is 42.1 Å². The number of oxime groups is 1. The van der Waals surface area contributed by atoms with Crippen molar-refractivity contribution in [3.63, 3.8) is 0 Å². The number of likely N-dealkylation sites (tertiary alicyclic amines) is 1. The Morgan fingerprint density at radius 3 is 2.55 bits per heavy atom. The lowest BCUT2D eigenvalue weighted by Gasteiger charge is -2.30. The minimum atomic E-state index is 0.211. The summed E-state index contributed by atoms with van der Waals surface area (Å²) in [6, 6.07) is 12.5. The van der Waals surface area contributed by atoms with E-state index in [4.69, 9.17) is 4.42 Å². The normalized spacial score (nSPS) is 18.5. The molecule has 6 heteroatoms. The minimum Gasteiger partial charge on any atom is -0.460 e. The zero-order valence-electron chi connectivity index (χ0n) is 17.5. The topological polar surface area (TPSA) is 82.1 Å². The second-order valence-corrected chi connectivity index (χ2v) is 8.39. The number of hydrogen-bond donors (Lipinski definition) is 2. The standard InChI is InChI=1S/C25H27N3O3/c29-14-13-28-11-7-18(8-12-28)24-16-22(17-5-9-26-10-6-17)25(31-24)20-1-3-21-19(15-20)2-4-23(21)27-30/h1,3,5-6,9-10,15-16,18,29-30H,2,4,7-8,11-14H2/b27-23+. The molecule has 1 aromatic carbocycles. The molecule has 2 N–H and O–H groups in total. The van der Waals surface area contributed by atoms with Crippen molar-refractivity contribution in [1.29, 1.82) is 0 Å². The molecule has 1 fully saturated rings. The first-order chi connectivity index (χ1) is 15.3. The highest BCUT2D eigenvalue weighted by Crippen LogP contribution is 2.41. The number of aliphatic hydroxyl groups excluding tert-OH is 1. The molecule has 1 aliphatic heterocycles. The highest BCUT2D eigenvalue weighted by Gasteiger charge is 2.26. The van der Waals surface area contributed by atoms with E-state index < -0.39 is 0 Å². The van der Waals surface area contributed by atoms with E-state index in [1.54, 1.807) is 0 Å². The average Bonchev–Trinajstić information content (AvgIpc) is 3.44. The number of benzene rings is 1. The number of furan rings is 1. The third-order valence-corrected chi connectivity index (χ3v) is 6.58. The molecule has 0 amide bonds. The molecule has 6 nitrogen and oxygen atoms in total. The number of rotatable bonds is 5. The molecule has 2 aromatic heterocycles. The highest BCUT2D eigenvalue weighted by atomic mass is 16.4. The maximum absolute atomic E-state index is 9.24. The Hall–Kier alpha value is -2.96. The van der Waals surface area contributed by atoms with E-state index in [2.05, 4.69) is 33.2 Å². The Bertz CT molecular complexity index is 1080. The number of aryl methyl sites for hydroxylation is 1. The van der Waals surface area contributed by atoms with Crippen LogP contribution in [0.5, 0.6) is 0 Å². The summed E-state index contributed by atoms with van der Waals surface area (Å²) in [5.41, 5.74) is 6.21. The lowest BCUT2D eigenvalue weighted by Crippen LogP contribution is -2.34. The Morgan fingerprint density at radius 1 is 1.00 bits per heavy atom. The van der Waals surface area contributed by atoms with E-state index >= 15 is 0 Å². The summed E-state index contributed by atoms with van der Waals surface area (Å²) >= 11 is 0. The van der Waals surface area contributed by atoms with E-state index in [1.807, 2.05) is 30.6 Å². The number of aromatic nitrogens is 1. The molecule has 5 rings (SSSR count). The fourth-order valence-electron chi connectivity index (χ4n) is 4.87. The van der Waals surface area contributed by atoms with Gasteiger partial charge < -0.3 is 19.6 Å². The summed E-state index contributed by atoms with van der Waals surface area (Å²) in [5.74, 6) is 2.30. The van der Waals surface area contributed by atoms with Crippen molar-refractivity contribution in [2.45, 2.75) is 31.6 Å². The van der Waals surface area contributed by atoms with Crippen molar-refractivity contribution in [2.24, 2.45) is 5.16 Å². The first-order valence-electron chi connectivity index (χ1n) is 11.0. The van der Waals surface area contributed by atoms with Gasteiger partial charge in [-0.1, -0.05) is 17.3 Å². The third kappa shape index (κ3) is 3.89. The summed E-state index contributed by atoms with van der Waals surface area (Å²) in [4.78, 5) is 6.48. The molecule has 0 bridgehead atoms. The number of hydrogen-bond acceptors (Lipinski definition) is 6. The van der Waals surface area contributed by atoms with Crippen molar-refractivity contribution in [2.75, 3.05) is 26.2 Å². The van der Waals surface area contributed by atoms with Crippen LogP contribution in [0.15, 0.2) is 58.4 Å². The smallest absolute Gasteiger partial charge is 0.142 e. The van der Waals surface area contributed by atoms with Crippen LogP contribution in [0.4, 0.5) is 0 Å². The van der Waals surface area contributed by atoms with Crippen LogP contribution in [-0.2, 0) is 6.42 Å². The largest absolute Gasteiger partial charge is 0.460 e. The molecular weight excluding hydrogens is 390 g/mol. The van der Waals surface area contributed by atoms with Crippen LogP contribution < -0.4 is 0 Å². The first-order valence-corrected chi connectivity index (χ1v) is 11.0. The molecule has 3 aromatic rings. The van der Waals surface area contributed by atoms with Gasteiger partial charge in [-0.2, -0.15) is 0 Å². The van der Waals surface area contributed by atoms with Gasteiger partial charge in [0, 0.05) is 41.5 Å². The SMILES string of the molecule is OCCN1CCC(c2cc(-c3ccncc3)c(-c3ccc4c(c3)CC/C4=N\O)o2)CC1. The molecule has 160 valence electrons. The van der Waals surface area contributed by atoms with E-state index in [1.165, 1.54) is 5.56 Å². The third-order valence-electron chi connectivity index (χ3n) is 6.58. The quantitative estimate of drug-likeness (QED) is 0.478. The van der Waals surface area contributed by atoms with Gasteiger partial charge in [0.05, 0.1) is 12.3 Å². The fraction of sp³-hybridized carbons (Fsp3) is 0.360. The van der Waals surface area contributed by atoms with Gasteiger partial charge >= 0.3 is 0 Å². The second-order valence-electron chi connectivity index (χ2n) is 8.39. The molecule has 2 aliphatic rings. The Balaban J connectivity index is 1.51. The summed E-state index contributed by atoms with van der Waals surface area (Å²) < 4.78 is 6.53. The molecule has 1 saturated heterocycles. The maximum atomic E-state index is 9.24. The van der Waals surface area contributed by atoms with E-state index in [0.717, 1.165) is 84.8 Å². The molecule has 0 unspecified atom stereocenters. The summed E-state index contributed by atoms with van der Waals surface area (Å²) in [5, 5.41) is 21.9. The number of aliphatic hydroxyl groups is 1. The van der Waals surface area contributed by atoms with Gasteiger partial charge in [-0.15, -0.1) is 0 Å². The second kappa shape index (κ2) is 8.65. The number of nitrogens with zero attached hydrogens (tertiary/aromatic N) is 3. The Labute approximate surface area is 181 Å². The first kappa shape index (κ1) is 20.0. The molecule has 0 saturated carbocycles. The van der Waals surface area contributed by atoms with Gasteiger partial charge in [-0.05, 0) is 74.2 Å². The van der Waals surface area contributed by atoms with Crippen LogP contribution in [0, 0.1) is 0 Å². The Kier molecular flexibility index (Phi) is 5.57. The van der Waals surface area contributed by atoms with Crippen LogP contribution >= 0.6 is 0 Å². The number of pyridine rings is 1. The lowest BCUT2D eigenvalue weighted by molar-refractivity contribution is 0.159. The maximum Gasteiger partial charge on any atom is 0.142 e. The molecule has 1 aliphatic carbocycles. The van der Waals surface area contributed by atoms with Crippen LogP contribution in [-0.4, -0.2) is 52.2 Å². The van der Waals surface area contributed by atoms with Crippen LogP contribution in [0.2, 0.25) is 0 Å². The number of piperidine rings is 1. The number of fused-ring (bicyclic) bond motifs is 1. The van der Waals surface area contributed by atoms with Crippen molar-refractivity contribution < 1.29 is 14.7 Å². The zero-order chi connectivity index (χ0) is 21.2. The summed E-state index contributed by atoms with van der Waals surface area (Å²) in [7, 11) is 0. The lowest BCUT2D eigenvalue weighted by atomic mass is 9.93.